The molecule has 0 aliphatic heterocycles. The van der Waals surface area contributed by atoms with E-state index in [0.717, 1.165) is 29.2 Å². The Bertz CT molecular complexity index is 585. The molecule has 5 heteroatoms. The van der Waals surface area contributed by atoms with Gasteiger partial charge < -0.3 is 4.98 Å². The molecule has 0 radical (unpaired) electrons. The Morgan fingerprint density at radius 1 is 1.42 bits per heavy atom. The summed E-state index contributed by atoms with van der Waals surface area (Å²) in [5, 5.41) is 0. The maximum Gasteiger partial charge on any atom is 0.178 e. The van der Waals surface area contributed by atoms with Gasteiger partial charge in [-0.2, -0.15) is 0 Å². The molecule has 1 N–H and O–H groups in total. The zero-order valence-electron chi connectivity index (χ0n) is 11.8. The minimum atomic E-state index is 0.159. The zero-order chi connectivity index (χ0) is 14.0. The quantitative estimate of drug-likeness (QED) is 0.855. The fourth-order valence-corrected chi connectivity index (χ4v) is 2.98. The average Bonchev–Trinajstić information content (AvgIpc) is 2.85. The first-order valence-electron chi connectivity index (χ1n) is 6.24. The Morgan fingerprint density at radius 2 is 2.16 bits per heavy atom. The summed E-state index contributed by atoms with van der Waals surface area (Å²) in [7, 11) is 1.96. The first-order valence-corrected chi connectivity index (χ1v) is 7.12. The second-order valence-corrected chi connectivity index (χ2v) is 5.89. The van der Waals surface area contributed by atoms with Crippen LogP contribution in [0.3, 0.4) is 0 Å². The Kier molecular flexibility index (Phi) is 4.17. The van der Waals surface area contributed by atoms with Gasteiger partial charge in [0.1, 0.15) is 0 Å². The van der Waals surface area contributed by atoms with Crippen LogP contribution in [0.4, 0.5) is 0 Å². The van der Waals surface area contributed by atoms with Gasteiger partial charge in [0, 0.05) is 28.4 Å². The molecule has 2 rings (SSSR count). The Morgan fingerprint density at radius 3 is 2.68 bits per heavy atom. The van der Waals surface area contributed by atoms with Crippen LogP contribution in [0.5, 0.6) is 0 Å². The van der Waals surface area contributed by atoms with Crippen LogP contribution in [0.25, 0.3) is 0 Å². The number of nitrogens with zero attached hydrogens (tertiary/aromatic N) is 2. The van der Waals surface area contributed by atoms with E-state index in [-0.39, 0.29) is 5.78 Å². The van der Waals surface area contributed by atoms with Crippen molar-refractivity contribution < 1.29 is 4.79 Å². The lowest BCUT2D eigenvalue weighted by Crippen LogP contribution is -2.25. The van der Waals surface area contributed by atoms with Crippen molar-refractivity contribution in [2.45, 2.75) is 27.3 Å². The Hall–Kier alpha value is -1.46. The van der Waals surface area contributed by atoms with E-state index in [1.807, 2.05) is 44.3 Å². The number of thiazole rings is 1. The van der Waals surface area contributed by atoms with Crippen molar-refractivity contribution in [1.82, 2.24) is 14.9 Å². The highest BCUT2D eigenvalue weighted by molar-refractivity contribution is 7.09. The van der Waals surface area contributed by atoms with E-state index in [9.17, 15) is 4.79 Å². The smallest absolute Gasteiger partial charge is 0.178 e. The number of H-pyrrole nitrogens is 1. The topological polar surface area (TPSA) is 49.0 Å². The molecule has 19 heavy (non-hydrogen) atoms. The van der Waals surface area contributed by atoms with Crippen molar-refractivity contribution >= 4 is 17.1 Å². The highest BCUT2D eigenvalue weighted by atomic mass is 32.1. The number of likely N-dealkylation sites (N-methyl/N-ethyl adjacent to an activating group) is 1. The molecule has 0 aromatic carbocycles. The summed E-state index contributed by atoms with van der Waals surface area (Å²) in [6, 6.07) is 1.92. The van der Waals surface area contributed by atoms with Crippen molar-refractivity contribution in [3.63, 3.8) is 0 Å². The second-order valence-electron chi connectivity index (χ2n) is 4.95. The van der Waals surface area contributed by atoms with Gasteiger partial charge in [-0.1, -0.05) is 0 Å². The minimum Gasteiger partial charge on any atom is -0.362 e. The molecule has 0 aliphatic rings. The molecule has 0 saturated heterocycles. The number of hydrogen-bond donors (Lipinski definition) is 1. The standard InChI is InChI=1S/C14H19N3OS/c1-9-5-12(10(2)16-9)13(18)6-17(4)7-14-11(3)15-8-19-14/h5,8,16H,6-7H2,1-4H3. The number of hydrogen-bond acceptors (Lipinski definition) is 4. The molecule has 0 bridgehead atoms. The molecule has 0 spiro atoms. The van der Waals surface area contributed by atoms with Gasteiger partial charge in [-0.15, -0.1) is 11.3 Å². The number of Topliss-reactive ketones (excluding diaryl/α,β-unsaturated/α-hetero) is 1. The molecule has 0 amide bonds. The van der Waals surface area contributed by atoms with Crippen LogP contribution in [-0.2, 0) is 6.54 Å². The Balaban J connectivity index is 1.99. The summed E-state index contributed by atoms with van der Waals surface area (Å²) in [5.74, 6) is 0.159. The van der Waals surface area contributed by atoms with Crippen LogP contribution >= 0.6 is 11.3 Å². The van der Waals surface area contributed by atoms with Gasteiger partial charge in [0.25, 0.3) is 0 Å². The fraction of sp³-hybridized carbons (Fsp3) is 0.429. The van der Waals surface area contributed by atoms with E-state index in [1.54, 1.807) is 11.3 Å². The van der Waals surface area contributed by atoms with Crippen LogP contribution in [0.2, 0.25) is 0 Å². The highest BCUT2D eigenvalue weighted by Crippen LogP contribution is 2.15. The first kappa shape index (κ1) is 14.0. The normalized spacial score (nSPS) is 11.2. The molecular weight excluding hydrogens is 258 g/mol. The molecule has 2 heterocycles. The maximum absolute atomic E-state index is 12.2. The lowest BCUT2D eigenvalue weighted by molar-refractivity contribution is 0.0943. The molecule has 4 nitrogen and oxygen atoms in total. The predicted octanol–water partition coefficient (Wildman–Crippen LogP) is 2.71. The summed E-state index contributed by atoms with van der Waals surface area (Å²) in [4.78, 5) is 22.9. The summed E-state index contributed by atoms with van der Waals surface area (Å²) in [6.07, 6.45) is 0. The van der Waals surface area contributed by atoms with Gasteiger partial charge in [0.15, 0.2) is 5.78 Å². The van der Waals surface area contributed by atoms with E-state index < -0.39 is 0 Å². The molecular formula is C14H19N3OS. The van der Waals surface area contributed by atoms with Gasteiger partial charge in [0.2, 0.25) is 0 Å². The lowest BCUT2D eigenvalue weighted by atomic mass is 10.1. The molecule has 0 aliphatic carbocycles. The van der Waals surface area contributed by atoms with E-state index in [2.05, 4.69) is 9.97 Å². The summed E-state index contributed by atoms with van der Waals surface area (Å²) < 4.78 is 0. The van der Waals surface area contributed by atoms with Gasteiger partial charge >= 0.3 is 0 Å². The molecule has 0 saturated carbocycles. The van der Waals surface area contributed by atoms with E-state index in [4.69, 9.17) is 0 Å². The summed E-state index contributed by atoms with van der Waals surface area (Å²) in [6.45, 7) is 7.10. The predicted molar refractivity (Wildman–Crippen MR) is 77.8 cm³/mol. The SMILES string of the molecule is Cc1cc(C(=O)CN(C)Cc2scnc2C)c(C)[nH]1. The maximum atomic E-state index is 12.2. The fourth-order valence-electron chi connectivity index (χ4n) is 2.12. The third kappa shape index (κ3) is 3.30. The molecule has 102 valence electrons. The second kappa shape index (κ2) is 5.67. The number of nitrogens with one attached hydrogen (secondary N) is 1. The third-order valence-corrected chi connectivity index (χ3v) is 4.04. The largest absolute Gasteiger partial charge is 0.362 e. The number of carbonyl (C=O) groups is 1. The zero-order valence-corrected chi connectivity index (χ0v) is 12.6. The molecule has 0 atom stereocenters. The van der Waals surface area contributed by atoms with Crippen molar-refractivity contribution in [3.05, 3.63) is 39.1 Å². The van der Waals surface area contributed by atoms with Gasteiger partial charge in [-0.25, -0.2) is 4.98 Å². The van der Waals surface area contributed by atoms with Crippen molar-refractivity contribution in [1.29, 1.82) is 0 Å². The summed E-state index contributed by atoms with van der Waals surface area (Å²) >= 11 is 1.64. The summed E-state index contributed by atoms with van der Waals surface area (Å²) in [5.41, 5.74) is 5.68. The Labute approximate surface area is 117 Å². The number of aromatic amines is 1. The van der Waals surface area contributed by atoms with E-state index >= 15 is 0 Å². The first-order chi connectivity index (χ1) is 8.97. The number of aryl methyl sites for hydroxylation is 3. The number of aromatic nitrogens is 2. The van der Waals surface area contributed by atoms with Gasteiger partial charge in [0.05, 0.1) is 17.7 Å². The monoisotopic (exact) mass is 277 g/mol. The molecule has 0 fully saturated rings. The minimum absolute atomic E-state index is 0.159. The lowest BCUT2D eigenvalue weighted by Gasteiger charge is -2.14. The molecule has 2 aromatic heterocycles. The number of ketones is 1. The average molecular weight is 277 g/mol. The highest BCUT2D eigenvalue weighted by Gasteiger charge is 2.14. The van der Waals surface area contributed by atoms with Crippen LogP contribution < -0.4 is 0 Å². The van der Waals surface area contributed by atoms with Crippen molar-refractivity contribution in [2.75, 3.05) is 13.6 Å². The van der Waals surface area contributed by atoms with E-state index in [1.165, 1.54) is 4.88 Å². The van der Waals surface area contributed by atoms with Crippen molar-refractivity contribution in [2.24, 2.45) is 0 Å². The van der Waals surface area contributed by atoms with Gasteiger partial charge in [-0.05, 0) is 33.9 Å². The van der Waals surface area contributed by atoms with Crippen LogP contribution in [-0.4, -0.2) is 34.2 Å². The van der Waals surface area contributed by atoms with Crippen molar-refractivity contribution in [3.8, 4) is 0 Å². The van der Waals surface area contributed by atoms with Crippen LogP contribution in [0.15, 0.2) is 11.6 Å². The van der Waals surface area contributed by atoms with E-state index in [0.29, 0.717) is 6.54 Å². The van der Waals surface area contributed by atoms with Gasteiger partial charge in [-0.3, -0.25) is 9.69 Å². The third-order valence-electron chi connectivity index (χ3n) is 3.12. The molecule has 2 aromatic rings. The number of carbonyl (C=O) groups excluding carboxylic acids is 1. The van der Waals surface area contributed by atoms with Crippen LogP contribution in [0, 0.1) is 20.8 Å². The number of rotatable bonds is 5. The molecule has 0 unspecified atom stereocenters. The van der Waals surface area contributed by atoms with Crippen LogP contribution in [0.1, 0.15) is 32.3 Å².